The van der Waals surface area contributed by atoms with Crippen molar-refractivity contribution < 1.29 is 22.4 Å². The van der Waals surface area contributed by atoms with Gasteiger partial charge >= 0.3 is 9.05 Å². The lowest BCUT2D eigenvalue weighted by molar-refractivity contribution is -0.104. The van der Waals surface area contributed by atoms with Crippen LogP contribution >= 0.6 is 0 Å². The van der Waals surface area contributed by atoms with Crippen molar-refractivity contribution in [3.63, 3.8) is 0 Å². The van der Waals surface area contributed by atoms with Crippen molar-refractivity contribution in [2.45, 2.75) is 13.2 Å². The topological polar surface area (TPSA) is 46.2 Å². The quantitative estimate of drug-likeness (QED) is 0.364. The van der Waals surface area contributed by atoms with E-state index < -0.39 is 15.3 Å². The summed E-state index contributed by atoms with van der Waals surface area (Å²) in [7, 11) is 2.85. The van der Waals surface area contributed by atoms with E-state index in [1.165, 1.54) is 28.4 Å². The van der Waals surface area contributed by atoms with Gasteiger partial charge in [-0.25, -0.2) is 0 Å². The minimum atomic E-state index is -3.05. The Morgan fingerprint density at radius 1 is 1.07 bits per heavy atom. The molecule has 0 aromatic carbocycles. The first-order valence-corrected chi connectivity index (χ1v) is 5.70. The molecule has 0 fully saturated rings. The van der Waals surface area contributed by atoms with Crippen molar-refractivity contribution >= 4 is 9.05 Å². The molecule has 0 aliphatic carbocycles. The van der Waals surface area contributed by atoms with E-state index >= 15 is 0 Å². The molecule has 0 heterocycles. The second kappa shape index (κ2) is 6.28. The Bertz CT molecular complexity index is 172. The number of methoxy groups -OCH3 is 1. The summed E-state index contributed by atoms with van der Waals surface area (Å²) in [4.78, 5) is 0. The summed E-state index contributed by atoms with van der Waals surface area (Å²) in [6, 6.07) is 0. The van der Waals surface area contributed by atoms with Gasteiger partial charge in [0.1, 0.15) is 0 Å². The molecule has 0 aliphatic heterocycles. The molecule has 0 aliphatic rings. The minimum Gasteiger partial charge on any atom is -0.355 e. The summed E-state index contributed by atoms with van der Waals surface area (Å²) in [5.41, 5.74) is 0.718. The Kier molecular flexibility index (Phi) is 6.17. The van der Waals surface area contributed by atoms with Gasteiger partial charge < -0.3 is 22.4 Å². The number of hydrogen-bond acceptors (Lipinski definition) is 5. The molecule has 0 bridgehead atoms. The van der Waals surface area contributed by atoms with Crippen LogP contribution < -0.4 is 0 Å². The minimum absolute atomic E-state index is 0.582. The number of hydrogen-bond donors (Lipinski definition) is 0. The van der Waals surface area contributed by atoms with Crippen LogP contribution in [-0.4, -0.2) is 43.8 Å². The molecule has 0 aromatic rings. The van der Waals surface area contributed by atoms with Gasteiger partial charge in [0.05, 0.1) is 0 Å². The molecule has 0 radical (unpaired) electrons. The molecule has 0 amide bonds. The van der Waals surface area contributed by atoms with Crippen LogP contribution in [0.1, 0.15) is 6.92 Å². The number of ether oxygens (including phenoxy) is 1. The molecule has 0 saturated carbocycles. The van der Waals surface area contributed by atoms with E-state index in [1.54, 1.807) is 6.92 Å². The lowest BCUT2D eigenvalue weighted by Crippen LogP contribution is -2.49. The van der Waals surface area contributed by atoms with E-state index in [1.807, 2.05) is 0 Å². The maximum atomic E-state index is 5.45. The zero-order valence-electron chi connectivity index (χ0n) is 9.33. The van der Waals surface area contributed by atoms with E-state index in [0.29, 0.717) is 0 Å². The van der Waals surface area contributed by atoms with E-state index in [-0.39, 0.29) is 0 Å². The highest BCUT2D eigenvalue weighted by Crippen LogP contribution is 2.15. The molecule has 0 saturated heterocycles. The average Bonchev–Trinajstić information content (AvgIpc) is 2.20. The fourth-order valence-corrected chi connectivity index (χ4v) is 2.22. The maximum Gasteiger partial charge on any atom is 0.681 e. The van der Waals surface area contributed by atoms with Gasteiger partial charge in [-0.2, -0.15) is 0 Å². The third-order valence-corrected chi connectivity index (χ3v) is 3.62. The highest BCUT2D eigenvalue weighted by atomic mass is 28.4. The highest BCUT2D eigenvalue weighted by Gasteiger charge is 2.45. The summed E-state index contributed by atoms with van der Waals surface area (Å²) < 4.78 is 25.7. The third-order valence-electron chi connectivity index (χ3n) is 1.62. The second-order valence-corrected chi connectivity index (χ2v) is 5.10. The predicted octanol–water partition coefficient (Wildman–Crippen LogP) is 0.926. The average molecular weight is 222 g/mol. The first kappa shape index (κ1) is 13.8. The van der Waals surface area contributed by atoms with Crippen LogP contribution in [-0.2, 0) is 22.4 Å². The van der Waals surface area contributed by atoms with Gasteiger partial charge in [-0.15, -0.1) is 0 Å². The Labute approximate surface area is 86.0 Å². The Morgan fingerprint density at radius 2 is 1.50 bits per heavy atom. The zero-order chi connectivity index (χ0) is 11.2. The molecular weight excluding hydrogens is 204 g/mol. The Hall–Kier alpha value is -0.243. The summed E-state index contributed by atoms with van der Waals surface area (Å²) in [6.07, 6.45) is -0.582. The Balaban J connectivity index is 4.47. The van der Waals surface area contributed by atoms with E-state index in [2.05, 4.69) is 6.58 Å². The van der Waals surface area contributed by atoms with Crippen LogP contribution in [0, 0.1) is 0 Å². The molecule has 0 spiro atoms. The molecule has 1 atom stereocenters. The first-order valence-electron chi connectivity index (χ1n) is 4.06. The molecule has 0 rings (SSSR count). The molecule has 14 heavy (non-hydrogen) atoms. The fraction of sp³-hybridized carbons (Fsp3) is 0.750. The van der Waals surface area contributed by atoms with Gasteiger partial charge in [0.25, 0.3) is 0 Å². The van der Waals surface area contributed by atoms with Gasteiger partial charge in [0.15, 0.2) is 6.29 Å². The van der Waals surface area contributed by atoms with Crippen LogP contribution in [0.15, 0.2) is 12.2 Å². The fourth-order valence-electron chi connectivity index (χ4n) is 0.875. The van der Waals surface area contributed by atoms with Crippen molar-refractivity contribution in [2.24, 2.45) is 0 Å². The van der Waals surface area contributed by atoms with Crippen LogP contribution in [0.25, 0.3) is 0 Å². The van der Waals surface area contributed by atoms with Crippen molar-refractivity contribution in [3.8, 4) is 0 Å². The lowest BCUT2D eigenvalue weighted by atomic mass is 10.3. The predicted molar refractivity (Wildman–Crippen MR) is 53.5 cm³/mol. The van der Waals surface area contributed by atoms with Crippen molar-refractivity contribution in [2.75, 3.05) is 28.4 Å². The number of rotatable bonds is 7. The SMILES string of the molecule is C=C(C)C(OC)O[Si](OC)(OC)OC. The van der Waals surface area contributed by atoms with E-state index in [4.69, 9.17) is 22.4 Å². The third kappa shape index (κ3) is 3.49. The van der Waals surface area contributed by atoms with Crippen molar-refractivity contribution in [3.05, 3.63) is 12.2 Å². The lowest BCUT2D eigenvalue weighted by Gasteiger charge is -2.27. The standard InChI is InChI=1S/C8H18O5Si/c1-7(2)8(9-3)13-14(10-4,11-5)12-6/h8H,1H2,2-6H3. The molecule has 6 heteroatoms. The summed E-state index contributed by atoms with van der Waals surface area (Å²) >= 11 is 0. The molecule has 84 valence electrons. The molecular formula is C8H18O5Si. The van der Waals surface area contributed by atoms with Gasteiger partial charge in [-0.3, -0.25) is 0 Å². The molecule has 1 unspecified atom stereocenters. The van der Waals surface area contributed by atoms with Crippen molar-refractivity contribution in [1.82, 2.24) is 0 Å². The normalized spacial score (nSPS) is 14.1. The monoisotopic (exact) mass is 222 g/mol. The van der Waals surface area contributed by atoms with Gasteiger partial charge in [-0.1, -0.05) is 6.58 Å². The first-order chi connectivity index (χ1) is 6.55. The van der Waals surface area contributed by atoms with Crippen molar-refractivity contribution in [1.29, 1.82) is 0 Å². The smallest absolute Gasteiger partial charge is 0.355 e. The molecule has 0 aromatic heterocycles. The van der Waals surface area contributed by atoms with Crippen LogP contribution in [0.5, 0.6) is 0 Å². The van der Waals surface area contributed by atoms with E-state index in [9.17, 15) is 0 Å². The Morgan fingerprint density at radius 3 is 1.71 bits per heavy atom. The van der Waals surface area contributed by atoms with Gasteiger partial charge in [0, 0.05) is 28.4 Å². The summed E-state index contributed by atoms with van der Waals surface area (Å²) in [6.45, 7) is 5.50. The molecule has 5 nitrogen and oxygen atoms in total. The van der Waals surface area contributed by atoms with Crippen LogP contribution in [0.3, 0.4) is 0 Å². The van der Waals surface area contributed by atoms with Gasteiger partial charge in [0.2, 0.25) is 0 Å². The summed E-state index contributed by atoms with van der Waals surface area (Å²) in [5.74, 6) is 0. The largest absolute Gasteiger partial charge is 0.681 e. The van der Waals surface area contributed by atoms with Crippen LogP contribution in [0.2, 0.25) is 0 Å². The van der Waals surface area contributed by atoms with Gasteiger partial charge in [-0.05, 0) is 12.5 Å². The molecule has 0 N–H and O–H groups in total. The maximum absolute atomic E-state index is 5.45. The highest BCUT2D eigenvalue weighted by molar-refractivity contribution is 6.53. The second-order valence-electron chi connectivity index (χ2n) is 2.64. The van der Waals surface area contributed by atoms with E-state index in [0.717, 1.165) is 5.57 Å². The van der Waals surface area contributed by atoms with Crippen LogP contribution in [0.4, 0.5) is 0 Å². The zero-order valence-corrected chi connectivity index (χ0v) is 10.3. The summed E-state index contributed by atoms with van der Waals surface area (Å²) in [5, 5.41) is 0.